The predicted molar refractivity (Wildman–Crippen MR) is 95.4 cm³/mol. The predicted octanol–water partition coefficient (Wildman–Crippen LogP) is 5.39. The lowest BCUT2D eigenvalue weighted by molar-refractivity contribution is -0.136. The molecule has 0 atom stereocenters. The Hall–Kier alpha value is -1.66. The lowest BCUT2D eigenvalue weighted by Gasteiger charge is -2.20. The third-order valence-electron chi connectivity index (χ3n) is 4.13. The maximum Gasteiger partial charge on any atom is 0.417 e. The summed E-state index contributed by atoms with van der Waals surface area (Å²) in [5.74, 6) is 0. The van der Waals surface area contributed by atoms with Crippen LogP contribution in [0.1, 0.15) is 18.1 Å². The number of alkyl halides is 3. The van der Waals surface area contributed by atoms with Crippen molar-refractivity contribution in [3.63, 3.8) is 0 Å². The quantitative estimate of drug-likeness (QED) is 0.669. The van der Waals surface area contributed by atoms with E-state index >= 15 is 0 Å². The van der Waals surface area contributed by atoms with Gasteiger partial charge in [-0.2, -0.15) is 13.2 Å². The molecule has 2 aliphatic rings. The molecule has 4 rings (SSSR count). The summed E-state index contributed by atoms with van der Waals surface area (Å²) in [6.07, 6.45) is -4.35. The van der Waals surface area contributed by atoms with Gasteiger partial charge in [-0.3, -0.25) is 4.99 Å². The smallest absolute Gasteiger partial charge is 0.318 e. The van der Waals surface area contributed by atoms with Crippen LogP contribution in [0.5, 0.6) is 0 Å². The van der Waals surface area contributed by atoms with E-state index in [0.29, 0.717) is 5.39 Å². The van der Waals surface area contributed by atoms with Gasteiger partial charge in [0.2, 0.25) is 0 Å². The second-order valence-electron chi connectivity index (χ2n) is 5.53. The van der Waals surface area contributed by atoms with E-state index in [-0.39, 0.29) is 17.8 Å². The van der Waals surface area contributed by atoms with Gasteiger partial charge in [-0.1, -0.05) is 42.1 Å². The highest BCUT2D eigenvalue weighted by molar-refractivity contribution is 8.17. The molecule has 0 unspecified atom stereocenters. The second-order valence-corrected chi connectivity index (χ2v) is 6.71. The van der Waals surface area contributed by atoms with Crippen molar-refractivity contribution in [1.29, 1.82) is 0 Å². The molecule has 0 saturated heterocycles. The van der Waals surface area contributed by atoms with Crippen molar-refractivity contribution in [2.45, 2.75) is 13.1 Å². The number of hydrogen-bond acceptors (Lipinski definition) is 3. The van der Waals surface area contributed by atoms with Crippen molar-refractivity contribution in [1.82, 2.24) is 4.90 Å². The zero-order valence-electron chi connectivity index (χ0n) is 12.7. The van der Waals surface area contributed by atoms with Crippen molar-refractivity contribution in [3.8, 4) is 0 Å². The summed E-state index contributed by atoms with van der Waals surface area (Å²) in [4.78, 5) is 7.63. The van der Waals surface area contributed by atoms with Crippen LogP contribution in [0.3, 0.4) is 0 Å². The van der Waals surface area contributed by atoms with Gasteiger partial charge in [0.1, 0.15) is 0 Å². The van der Waals surface area contributed by atoms with E-state index in [1.807, 2.05) is 13.0 Å². The van der Waals surface area contributed by atoms with Crippen LogP contribution in [0.25, 0.3) is 16.5 Å². The summed E-state index contributed by atoms with van der Waals surface area (Å²) in [5.41, 5.74) is 1.23. The first kappa shape index (κ1) is 17.2. The van der Waals surface area contributed by atoms with Gasteiger partial charge >= 0.3 is 6.18 Å². The van der Waals surface area contributed by atoms with E-state index in [9.17, 15) is 13.2 Å². The fourth-order valence-electron chi connectivity index (χ4n) is 3.20. The number of halogens is 4. The van der Waals surface area contributed by atoms with Crippen LogP contribution < -0.4 is 0 Å². The Balaban J connectivity index is 0.00000169. The molecule has 2 nitrogen and oxygen atoms in total. The maximum atomic E-state index is 13.3. The van der Waals surface area contributed by atoms with Gasteiger partial charge in [-0.25, -0.2) is 0 Å². The van der Waals surface area contributed by atoms with Crippen LogP contribution in [-0.4, -0.2) is 23.2 Å². The monoisotopic (exact) mass is 370 g/mol. The molecule has 2 aliphatic heterocycles. The summed E-state index contributed by atoms with van der Waals surface area (Å²) >= 11 is 1.59. The van der Waals surface area contributed by atoms with Gasteiger partial charge in [0.25, 0.3) is 0 Å². The van der Waals surface area contributed by atoms with E-state index in [0.717, 1.165) is 40.5 Å². The third kappa shape index (κ3) is 2.58. The van der Waals surface area contributed by atoms with E-state index in [4.69, 9.17) is 0 Å². The summed E-state index contributed by atoms with van der Waals surface area (Å²) in [6.45, 7) is 3.51. The number of allylic oxidation sites excluding steroid dienone is 1. The van der Waals surface area contributed by atoms with E-state index in [1.54, 1.807) is 30.0 Å². The Kier molecular flexibility index (Phi) is 4.30. The highest BCUT2D eigenvalue weighted by Gasteiger charge is 2.34. The van der Waals surface area contributed by atoms with Crippen LogP contribution in [0, 0.1) is 0 Å². The van der Waals surface area contributed by atoms with Crippen molar-refractivity contribution in [2.24, 2.45) is 4.99 Å². The highest BCUT2D eigenvalue weighted by Crippen LogP contribution is 2.44. The van der Waals surface area contributed by atoms with Crippen LogP contribution >= 0.6 is 24.2 Å². The molecule has 0 amide bonds. The second kappa shape index (κ2) is 6.01. The van der Waals surface area contributed by atoms with Crippen molar-refractivity contribution < 1.29 is 13.2 Å². The van der Waals surface area contributed by atoms with Crippen LogP contribution in [0.4, 0.5) is 13.2 Å². The van der Waals surface area contributed by atoms with Gasteiger partial charge in [0.15, 0.2) is 5.17 Å². The van der Waals surface area contributed by atoms with Crippen LogP contribution in [0.2, 0.25) is 0 Å². The average Bonchev–Trinajstić information content (AvgIpc) is 3.05. The van der Waals surface area contributed by atoms with E-state index in [1.165, 1.54) is 6.07 Å². The molecule has 0 aromatic heterocycles. The summed E-state index contributed by atoms with van der Waals surface area (Å²) in [7, 11) is 0. The van der Waals surface area contributed by atoms with Crippen LogP contribution in [-0.2, 0) is 6.18 Å². The number of aliphatic imine (C=N–C) groups is 1. The number of fused-ring (bicyclic) bond motifs is 2. The SMILES string of the molecule is CC1=C(c2cccc3c(C(F)(F)F)cccc23)N2CCN=C2S1.Cl. The topological polar surface area (TPSA) is 15.6 Å². The van der Waals surface area contributed by atoms with Gasteiger partial charge in [-0.15, -0.1) is 12.4 Å². The minimum atomic E-state index is -4.35. The molecule has 24 heavy (non-hydrogen) atoms. The minimum absolute atomic E-state index is 0. The Morgan fingerprint density at radius 1 is 1.08 bits per heavy atom. The Morgan fingerprint density at radius 3 is 2.54 bits per heavy atom. The summed E-state index contributed by atoms with van der Waals surface area (Å²) in [5, 5.41) is 1.82. The first-order valence-electron chi connectivity index (χ1n) is 7.27. The largest absolute Gasteiger partial charge is 0.417 e. The lowest BCUT2D eigenvalue weighted by atomic mass is 9.97. The normalized spacial score (nSPS) is 17.2. The number of rotatable bonds is 1. The number of hydrogen-bond donors (Lipinski definition) is 0. The first-order chi connectivity index (χ1) is 11.0. The summed E-state index contributed by atoms with van der Waals surface area (Å²) in [6, 6.07) is 9.51. The number of amidine groups is 1. The molecular weight excluding hydrogens is 357 g/mol. The molecule has 0 aliphatic carbocycles. The molecule has 7 heteroatoms. The number of nitrogens with zero attached hydrogens (tertiary/aromatic N) is 2. The Bertz CT molecular complexity index is 874. The van der Waals surface area contributed by atoms with Gasteiger partial charge < -0.3 is 4.90 Å². The fraction of sp³-hybridized carbons (Fsp3) is 0.235. The first-order valence-corrected chi connectivity index (χ1v) is 8.08. The molecule has 2 heterocycles. The molecule has 2 aromatic rings. The molecular formula is C17H14ClF3N2S. The fourth-order valence-corrected chi connectivity index (χ4v) is 4.23. The van der Waals surface area contributed by atoms with Gasteiger partial charge in [0.05, 0.1) is 17.8 Å². The highest BCUT2D eigenvalue weighted by atomic mass is 35.5. The van der Waals surface area contributed by atoms with Crippen LogP contribution in [0.15, 0.2) is 46.3 Å². The number of thioether (sulfide) groups is 1. The molecule has 0 spiro atoms. The summed E-state index contributed by atoms with van der Waals surface area (Å²) < 4.78 is 39.8. The molecule has 0 N–H and O–H groups in total. The standard InChI is InChI=1S/C17H13F3N2S.ClH/c1-10-15(22-9-8-21-16(22)23-10)13-6-2-5-12-11(13)4-3-7-14(12)17(18,19)20;/h2-7H,8-9H2,1H3;1H. The molecule has 0 saturated carbocycles. The maximum absolute atomic E-state index is 13.3. The zero-order chi connectivity index (χ0) is 16.2. The molecule has 2 aromatic carbocycles. The minimum Gasteiger partial charge on any atom is -0.318 e. The Labute approximate surface area is 147 Å². The third-order valence-corrected chi connectivity index (χ3v) is 5.16. The van der Waals surface area contributed by atoms with Gasteiger partial charge in [0, 0.05) is 17.0 Å². The van der Waals surface area contributed by atoms with Crippen molar-refractivity contribution >= 4 is 45.8 Å². The van der Waals surface area contributed by atoms with Crippen molar-refractivity contribution in [2.75, 3.05) is 13.1 Å². The van der Waals surface area contributed by atoms with E-state index < -0.39 is 11.7 Å². The van der Waals surface area contributed by atoms with Crippen molar-refractivity contribution in [3.05, 3.63) is 52.4 Å². The molecule has 126 valence electrons. The Morgan fingerprint density at radius 2 is 1.79 bits per heavy atom. The lowest BCUT2D eigenvalue weighted by Crippen LogP contribution is -2.20. The molecule has 0 radical (unpaired) electrons. The number of benzene rings is 2. The molecule has 0 fully saturated rings. The zero-order valence-corrected chi connectivity index (χ0v) is 14.4. The molecule has 0 bridgehead atoms. The van der Waals surface area contributed by atoms with Gasteiger partial charge in [-0.05, 0) is 23.8 Å². The van der Waals surface area contributed by atoms with E-state index in [2.05, 4.69) is 9.89 Å². The average molecular weight is 371 g/mol.